The third-order valence-electron chi connectivity index (χ3n) is 5.55. The molecule has 0 radical (unpaired) electrons. The summed E-state index contributed by atoms with van der Waals surface area (Å²) in [7, 11) is 0. The molecule has 180 valence electrons. The second-order valence-corrected chi connectivity index (χ2v) is 8.80. The topological polar surface area (TPSA) is 89.0 Å². The summed E-state index contributed by atoms with van der Waals surface area (Å²) in [6.45, 7) is 2.18. The molecule has 8 nitrogen and oxygen atoms in total. The number of rotatable bonds is 7. The average Bonchev–Trinajstić information content (AvgIpc) is 3.30. The van der Waals surface area contributed by atoms with Crippen molar-refractivity contribution < 1.29 is 12.2 Å². The highest BCUT2D eigenvalue weighted by Crippen LogP contribution is 2.33. The van der Waals surface area contributed by atoms with Crippen LogP contribution in [0, 0.1) is 0 Å². The lowest BCUT2D eigenvalue weighted by Crippen LogP contribution is -2.35. The number of hydrogen-bond donors (Lipinski definition) is 1. The summed E-state index contributed by atoms with van der Waals surface area (Å²) in [5.74, 6) is 0.634. The van der Waals surface area contributed by atoms with Gasteiger partial charge in [0.15, 0.2) is 0 Å². The maximum atomic E-state index is 8.46. The molecule has 35 heavy (non-hydrogen) atoms. The maximum Gasteiger partial charge on any atom is 0.124 e. The zero-order valence-electron chi connectivity index (χ0n) is 20.9. The SMILES string of the molecule is [2H]C([2H])(c1ccc(/C=C/c2n[nH]c3ccc(OC(C)c4c(Cl)cncc4Cl)cc23)nn1)N1CCOCC1. The highest BCUT2D eigenvalue weighted by molar-refractivity contribution is 6.35. The first-order chi connectivity index (χ1) is 17.8. The Morgan fingerprint density at radius 1 is 1.14 bits per heavy atom. The first-order valence-corrected chi connectivity index (χ1v) is 11.9. The van der Waals surface area contributed by atoms with E-state index in [2.05, 4.69) is 25.4 Å². The normalized spacial score (nSPS) is 16.9. The monoisotopic (exact) mass is 512 g/mol. The molecule has 1 saturated heterocycles. The Morgan fingerprint density at radius 2 is 1.94 bits per heavy atom. The van der Waals surface area contributed by atoms with Gasteiger partial charge in [0.1, 0.15) is 11.9 Å². The molecule has 5 rings (SSSR count). The van der Waals surface area contributed by atoms with Gasteiger partial charge in [0.05, 0.1) is 45.9 Å². The number of morpholine rings is 1. The van der Waals surface area contributed by atoms with Gasteiger partial charge in [-0.3, -0.25) is 15.0 Å². The fourth-order valence-electron chi connectivity index (χ4n) is 3.78. The molecule has 1 aromatic carbocycles. The molecule has 10 heteroatoms. The van der Waals surface area contributed by atoms with Crippen molar-refractivity contribution in [3.05, 3.63) is 75.4 Å². The van der Waals surface area contributed by atoms with Crippen molar-refractivity contribution in [2.75, 3.05) is 26.3 Å². The molecule has 0 spiro atoms. The van der Waals surface area contributed by atoms with E-state index >= 15 is 0 Å². The van der Waals surface area contributed by atoms with E-state index in [0.717, 1.165) is 10.9 Å². The number of fused-ring (bicyclic) bond motifs is 1. The van der Waals surface area contributed by atoms with E-state index in [-0.39, 0.29) is 5.69 Å². The van der Waals surface area contributed by atoms with Crippen molar-refractivity contribution in [1.82, 2.24) is 30.3 Å². The van der Waals surface area contributed by atoms with Crippen LogP contribution in [0.5, 0.6) is 5.75 Å². The number of aromatic amines is 1. The number of pyridine rings is 1. The Kier molecular flexibility index (Phi) is 6.50. The Morgan fingerprint density at radius 3 is 2.69 bits per heavy atom. The van der Waals surface area contributed by atoms with Gasteiger partial charge in [-0.25, -0.2) is 0 Å². The number of aromatic nitrogens is 5. The average molecular weight is 513 g/mol. The van der Waals surface area contributed by atoms with Crippen LogP contribution in [-0.2, 0) is 11.2 Å². The first kappa shape index (κ1) is 21.3. The summed E-state index contributed by atoms with van der Waals surface area (Å²) in [6, 6.07) is 9.03. The summed E-state index contributed by atoms with van der Waals surface area (Å²) in [5, 5.41) is 17.5. The molecular weight excluding hydrogens is 487 g/mol. The second kappa shape index (κ2) is 10.7. The molecule has 4 heterocycles. The maximum absolute atomic E-state index is 8.46. The van der Waals surface area contributed by atoms with Crippen molar-refractivity contribution in [3.63, 3.8) is 0 Å². The standard InChI is InChI=1S/C25H24Cl2N6O2/c1-16(25-21(26)13-28-14-22(25)27)35-19-5-7-24-20(12-19)23(31-32-24)6-4-17-2-3-18(30-29-17)15-33-8-10-34-11-9-33/h2-7,12-14,16H,8-11,15H2,1H3,(H,31,32)/b6-4+/i15D2. The van der Waals surface area contributed by atoms with Gasteiger partial charge < -0.3 is 9.47 Å². The van der Waals surface area contributed by atoms with E-state index < -0.39 is 12.6 Å². The summed E-state index contributed by atoms with van der Waals surface area (Å²) in [4.78, 5) is 5.70. The zero-order chi connectivity index (χ0) is 26.0. The van der Waals surface area contributed by atoms with Gasteiger partial charge in [-0.1, -0.05) is 23.2 Å². The molecule has 1 N–H and O–H groups in total. The molecule has 1 atom stereocenters. The van der Waals surface area contributed by atoms with Crippen LogP contribution in [0.1, 0.15) is 38.4 Å². The molecule has 0 amide bonds. The number of nitrogens with one attached hydrogen (secondary N) is 1. The minimum Gasteiger partial charge on any atom is -0.486 e. The number of ether oxygens (including phenoxy) is 2. The minimum atomic E-state index is -1.71. The lowest BCUT2D eigenvalue weighted by molar-refractivity contribution is 0.0335. The molecule has 1 aliphatic heterocycles. The highest BCUT2D eigenvalue weighted by atomic mass is 35.5. The van der Waals surface area contributed by atoms with E-state index in [4.69, 9.17) is 35.4 Å². The van der Waals surface area contributed by atoms with Crippen molar-refractivity contribution >= 4 is 46.3 Å². The fraction of sp³-hybridized carbons (Fsp3) is 0.280. The van der Waals surface area contributed by atoms with Crippen molar-refractivity contribution in [1.29, 1.82) is 0 Å². The van der Waals surface area contributed by atoms with Crippen LogP contribution < -0.4 is 4.74 Å². The van der Waals surface area contributed by atoms with E-state index in [1.165, 1.54) is 12.4 Å². The van der Waals surface area contributed by atoms with Gasteiger partial charge in [-0.2, -0.15) is 15.3 Å². The van der Waals surface area contributed by atoms with Gasteiger partial charge in [0.25, 0.3) is 0 Å². The van der Waals surface area contributed by atoms with Crippen LogP contribution in [0.15, 0.2) is 42.7 Å². The van der Waals surface area contributed by atoms with E-state index in [0.29, 0.717) is 59.0 Å². The van der Waals surface area contributed by atoms with Gasteiger partial charge in [-0.05, 0) is 49.4 Å². The summed E-state index contributed by atoms with van der Waals surface area (Å²) >= 11 is 12.6. The second-order valence-electron chi connectivity index (χ2n) is 7.98. The fourth-order valence-corrected chi connectivity index (χ4v) is 4.45. The molecule has 0 aliphatic carbocycles. The number of benzene rings is 1. The summed E-state index contributed by atoms with van der Waals surface area (Å²) in [5.41, 5.74) is 3.07. The number of halogens is 2. The molecule has 1 unspecified atom stereocenters. The van der Waals surface area contributed by atoms with Gasteiger partial charge in [0, 0.05) is 45.7 Å². The molecule has 3 aromatic heterocycles. The lowest BCUT2D eigenvalue weighted by Gasteiger charge is -2.25. The Hall–Kier alpha value is -3.04. The van der Waals surface area contributed by atoms with Crippen LogP contribution in [0.2, 0.25) is 10.0 Å². The summed E-state index contributed by atoms with van der Waals surface area (Å²) < 4.78 is 28.4. The minimum absolute atomic E-state index is 0.266. The van der Waals surface area contributed by atoms with Crippen LogP contribution >= 0.6 is 23.2 Å². The number of nitrogens with zero attached hydrogens (tertiary/aromatic N) is 5. The Bertz CT molecular complexity index is 1400. The van der Waals surface area contributed by atoms with Crippen LogP contribution in [0.4, 0.5) is 0 Å². The van der Waals surface area contributed by atoms with E-state index in [1.54, 1.807) is 23.1 Å². The quantitative estimate of drug-likeness (QED) is 0.364. The summed E-state index contributed by atoms with van der Waals surface area (Å²) in [6.07, 6.45) is 6.29. The first-order valence-electron chi connectivity index (χ1n) is 12.1. The van der Waals surface area contributed by atoms with Gasteiger partial charge in [0.2, 0.25) is 0 Å². The van der Waals surface area contributed by atoms with Crippen LogP contribution in [-0.4, -0.2) is 56.6 Å². The van der Waals surface area contributed by atoms with Crippen molar-refractivity contribution in [2.45, 2.75) is 19.5 Å². The van der Waals surface area contributed by atoms with E-state index in [9.17, 15) is 0 Å². The van der Waals surface area contributed by atoms with Crippen LogP contribution in [0.25, 0.3) is 23.1 Å². The molecule has 1 fully saturated rings. The third kappa shape index (κ3) is 5.62. The van der Waals surface area contributed by atoms with Gasteiger partial charge >= 0.3 is 0 Å². The predicted octanol–water partition coefficient (Wildman–Crippen LogP) is 5.20. The van der Waals surface area contributed by atoms with Crippen molar-refractivity contribution in [2.24, 2.45) is 0 Å². The smallest absolute Gasteiger partial charge is 0.124 e. The molecular formula is C25H24Cl2N6O2. The zero-order valence-corrected chi connectivity index (χ0v) is 20.4. The molecule has 0 saturated carbocycles. The largest absolute Gasteiger partial charge is 0.486 e. The number of hydrogen-bond acceptors (Lipinski definition) is 7. The number of H-pyrrole nitrogens is 1. The van der Waals surface area contributed by atoms with Gasteiger partial charge in [-0.15, -0.1) is 0 Å². The molecule has 4 aromatic rings. The van der Waals surface area contributed by atoms with Crippen LogP contribution in [0.3, 0.4) is 0 Å². The predicted molar refractivity (Wildman–Crippen MR) is 136 cm³/mol. The van der Waals surface area contributed by atoms with E-state index in [1.807, 2.05) is 31.2 Å². The Balaban J connectivity index is 1.33. The third-order valence-corrected chi connectivity index (χ3v) is 6.16. The lowest BCUT2D eigenvalue weighted by atomic mass is 10.1. The van der Waals surface area contributed by atoms with Crippen molar-refractivity contribution in [3.8, 4) is 5.75 Å². The molecule has 1 aliphatic rings. The molecule has 0 bridgehead atoms. The Labute approximate surface area is 215 Å². The highest BCUT2D eigenvalue weighted by Gasteiger charge is 2.17.